The minimum absolute atomic E-state index is 1.05. The van der Waals surface area contributed by atoms with Crippen LogP contribution < -0.4 is 0 Å². The molecule has 0 radical (unpaired) electrons. The summed E-state index contributed by atoms with van der Waals surface area (Å²) in [5, 5.41) is 0. The molecular formula is C12H11N3. The van der Waals surface area contributed by atoms with Gasteiger partial charge in [0.05, 0.1) is 12.0 Å². The highest BCUT2D eigenvalue weighted by Crippen LogP contribution is 2.26. The second-order valence-corrected chi connectivity index (χ2v) is 3.63. The highest BCUT2D eigenvalue weighted by atomic mass is 15.0. The van der Waals surface area contributed by atoms with E-state index in [1.54, 1.807) is 12.5 Å². The smallest absolute Gasteiger partial charge is 0.0991 e. The standard InChI is InChI=1S/C12H11N3/c1-2-10-3-4-11(8-12(10)14-5-1)15-7-6-13-9-15/h3-9H,1-2H2. The molecule has 1 aromatic carbocycles. The summed E-state index contributed by atoms with van der Waals surface area (Å²) in [5.41, 5.74) is 3.54. The molecule has 0 saturated heterocycles. The number of aliphatic imine (C=N–C) groups is 1. The summed E-state index contributed by atoms with van der Waals surface area (Å²) in [6, 6.07) is 6.37. The van der Waals surface area contributed by atoms with Crippen LogP contribution in [0.2, 0.25) is 0 Å². The van der Waals surface area contributed by atoms with Gasteiger partial charge in [-0.25, -0.2) is 4.98 Å². The first-order valence-corrected chi connectivity index (χ1v) is 5.07. The monoisotopic (exact) mass is 197 g/mol. The van der Waals surface area contributed by atoms with Crippen molar-refractivity contribution in [3.8, 4) is 5.69 Å². The van der Waals surface area contributed by atoms with E-state index in [1.807, 2.05) is 17.0 Å². The molecule has 0 amide bonds. The van der Waals surface area contributed by atoms with Crippen molar-refractivity contribution >= 4 is 11.9 Å². The molecule has 0 atom stereocenters. The van der Waals surface area contributed by atoms with Gasteiger partial charge in [-0.2, -0.15) is 0 Å². The van der Waals surface area contributed by atoms with Crippen molar-refractivity contribution in [1.29, 1.82) is 0 Å². The summed E-state index contributed by atoms with van der Waals surface area (Å²) in [4.78, 5) is 8.44. The van der Waals surface area contributed by atoms with Crippen LogP contribution in [0.1, 0.15) is 12.0 Å². The third kappa shape index (κ3) is 1.46. The van der Waals surface area contributed by atoms with Crippen LogP contribution in [-0.4, -0.2) is 15.8 Å². The van der Waals surface area contributed by atoms with Crippen molar-refractivity contribution in [3.05, 3.63) is 42.5 Å². The van der Waals surface area contributed by atoms with Crippen LogP contribution in [-0.2, 0) is 6.42 Å². The Morgan fingerprint density at radius 2 is 2.27 bits per heavy atom. The van der Waals surface area contributed by atoms with Crippen LogP contribution >= 0.6 is 0 Å². The zero-order valence-electron chi connectivity index (χ0n) is 8.30. The first-order chi connectivity index (χ1) is 7.43. The Kier molecular flexibility index (Phi) is 1.88. The highest BCUT2D eigenvalue weighted by Gasteiger charge is 2.06. The zero-order valence-corrected chi connectivity index (χ0v) is 8.30. The van der Waals surface area contributed by atoms with Crippen molar-refractivity contribution in [3.63, 3.8) is 0 Å². The largest absolute Gasteiger partial charge is 0.306 e. The van der Waals surface area contributed by atoms with Gasteiger partial charge in [-0.1, -0.05) is 6.07 Å². The van der Waals surface area contributed by atoms with Gasteiger partial charge in [0.1, 0.15) is 0 Å². The van der Waals surface area contributed by atoms with Crippen LogP contribution in [0.3, 0.4) is 0 Å². The van der Waals surface area contributed by atoms with E-state index in [0.717, 1.165) is 24.2 Å². The first-order valence-electron chi connectivity index (χ1n) is 5.07. The molecule has 0 saturated carbocycles. The molecule has 3 nitrogen and oxygen atoms in total. The molecule has 2 heterocycles. The SMILES string of the molecule is C1=Nc2cc(-n3ccnc3)ccc2CC1. The summed E-state index contributed by atoms with van der Waals surface area (Å²) in [6.45, 7) is 0. The van der Waals surface area contributed by atoms with Gasteiger partial charge in [0.2, 0.25) is 0 Å². The quantitative estimate of drug-likeness (QED) is 0.690. The average Bonchev–Trinajstić information content (AvgIpc) is 2.82. The molecule has 0 spiro atoms. The van der Waals surface area contributed by atoms with Gasteiger partial charge < -0.3 is 4.57 Å². The normalized spacial score (nSPS) is 13.9. The molecule has 3 rings (SSSR count). The third-order valence-corrected chi connectivity index (χ3v) is 2.64. The molecule has 3 heteroatoms. The van der Waals surface area contributed by atoms with Gasteiger partial charge in [0.25, 0.3) is 0 Å². The molecule has 15 heavy (non-hydrogen) atoms. The van der Waals surface area contributed by atoms with Gasteiger partial charge in [-0.05, 0) is 30.5 Å². The Bertz CT molecular complexity index is 498. The summed E-state index contributed by atoms with van der Waals surface area (Å²) >= 11 is 0. The number of hydrogen-bond donors (Lipinski definition) is 0. The van der Waals surface area contributed by atoms with Gasteiger partial charge in [-0.3, -0.25) is 4.99 Å². The number of nitrogens with zero attached hydrogens (tertiary/aromatic N) is 3. The fourth-order valence-electron chi connectivity index (χ4n) is 1.84. The minimum Gasteiger partial charge on any atom is -0.306 e. The average molecular weight is 197 g/mol. The lowest BCUT2D eigenvalue weighted by Gasteiger charge is -2.11. The molecule has 1 aliphatic heterocycles. The molecule has 1 aromatic heterocycles. The van der Waals surface area contributed by atoms with E-state index in [1.165, 1.54) is 5.56 Å². The number of aryl methyl sites for hydroxylation is 1. The first kappa shape index (κ1) is 8.41. The molecule has 2 aromatic rings. The third-order valence-electron chi connectivity index (χ3n) is 2.64. The fourth-order valence-corrected chi connectivity index (χ4v) is 1.84. The topological polar surface area (TPSA) is 30.2 Å². The maximum atomic E-state index is 4.40. The molecule has 0 N–H and O–H groups in total. The van der Waals surface area contributed by atoms with Crippen LogP contribution in [0.25, 0.3) is 5.69 Å². The van der Waals surface area contributed by atoms with E-state index in [-0.39, 0.29) is 0 Å². The molecule has 0 fully saturated rings. The summed E-state index contributed by atoms with van der Waals surface area (Å²) < 4.78 is 1.99. The molecule has 74 valence electrons. The number of benzene rings is 1. The lowest BCUT2D eigenvalue weighted by Crippen LogP contribution is -1.96. The van der Waals surface area contributed by atoms with Crippen LogP contribution in [0.4, 0.5) is 5.69 Å². The van der Waals surface area contributed by atoms with Crippen molar-refractivity contribution in [2.75, 3.05) is 0 Å². The van der Waals surface area contributed by atoms with Gasteiger partial charge in [0, 0.05) is 24.3 Å². The van der Waals surface area contributed by atoms with Crippen molar-refractivity contribution in [1.82, 2.24) is 9.55 Å². The van der Waals surface area contributed by atoms with E-state index >= 15 is 0 Å². The van der Waals surface area contributed by atoms with Crippen molar-refractivity contribution < 1.29 is 0 Å². The molecule has 0 bridgehead atoms. The zero-order chi connectivity index (χ0) is 10.1. The maximum absolute atomic E-state index is 4.40. The number of imidazole rings is 1. The summed E-state index contributed by atoms with van der Waals surface area (Å²) in [5.74, 6) is 0. The lowest BCUT2D eigenvalue weighted by molar-refractivity contribution is 1.01. The van der Waals surface area contributed by atoms with E-state index in [4.69, 9.17) is 0 Å². The molecular weight excluding hydrogens is 186 g/mol. The summed E-state index contributed by atoms with van der Waals surface area (Å²) in [6.07, 6.45) is 9.66. The van der Waals surface area contributed by atoms with Crippen molar-refractivity contribution in [2.24, 2.45) is 4.99 Å². The highest BCUT2D eigenvalue weighted by molar-refractivity contribution is 5.70. The predicted molar refractivity (Wildman–Crippen MR) is 60.0 cm³/mol. The fraction of sp³-hybridized carbons (Fsp3) is 0.167. The Balaban J connectivity index is 2.10. The maximum Gasteiger partial charge on any atom is 0.0991 e. The Labute approximate surface area is 88.1 Å². The van der Waals surface area contributed by atoms with Crippen LogP contribution in [0.15, 0.2) is 41.9 Å². The van der Waals surface area contributed by atoms with E-state index in [2.05, 4.69) is 28.2 Å². The Morgan fingerprint density at radius 3 is 3.13 bits per heavy atom. The predicted octanol–water partition coefficient (Wildman–Crippen LogP) is 2.52. The number of aromatic nitrogens is 2. The van der Waals surface area contributed by atoms with Gasteiger partial charge >= 0.3 is 0 Å². The Morgan fingerprint density at radius 1 is 1.27 bits per heavy atom. The van der Waals surface area contributed by atoms with Gasteiger partial charge in [-0.15, -0.1) is 0 Å². The number of fused-ring (bicyclic) bond motifs is 1. The van der Waals surface area contributed by atoms with Crippen molar-refractivity contribution in [2.45, 2.75) is 12.8 Å². The number of hydrogen-bond acceptors (Lipinski definition) is 2. The molecule has 0 unspecified atom stereocenters. The molecule has 1 aliphatic rings. The van der Waals surface area contributed by atoms with Gasteiger partial charge in [0.15, 0.2) is 0 Å². The molecule has 0 aliphatic carbocycles. The second-order valence-electron chi connectivity index (χ2n) is 3.63. The minimum atomic E-state index is 1.05. The van der Waals surface area contributed by atoms with E-state index in [9.17, 15) is 0 Å². The van der Waals surface area contributed by atoms with Crippen LogP contribution in [0.5, 0.6) is 0 Å². The second kappa shape index (κ2) is 3.35. The van der Waals surface area contributed by atoms with E-state index < -0.39 is 0 Å². The lowest BCUT2D eigenvalue weighted by atomic mass is 10.1. The Hall–Kier alpha value is -1.90. The number of rotatable bonds is 1. The van der Waals surface area contributed by atoms with Crippen LogP contribution in [0, 0.1) is 0 Å². The summed E-state index contributed by atoms with van der Waals surface area (Å²) in [7, 11) is 0. The van der Waals surface area contributed by atoms with E-state index in [0.29, 0.717) is 0 Å².